The van der Waals surface area contributed by atoms with E-state index in [0.717, 1.165) is 5.56 Å². The highest BCUT2D eigenvalue weighted by atomic mass is 19.1. The molecule has 0 aliphatic heterocycles. The zero-order valence-corrected chi connectivity index (χ0v) is 11.9. The van der Waals surface area contributed by atoms with Crippen LogP contribution in [0.15, 0.2) is 18.2 Å². The number of aryl methyl sites for hydroxylation is 1. The Hall–Kier alpha value is -1.42. The van der Waals surface area contributed by atoms with Gasteiger partial charge in [-0.1, -0.05) is 12.1 Å². The van der Waals surface area contributed by atoms with Crippen LogP contribution >= 0.6 is 0 Å². The van der Waals surface area contributed by atoms with E-state index in [1.807, 2.05) is 19.9 Å². The Kier molecular flexibility index (Phi) is 5.48. The van der Waals surface area contributed by atoms with Crippen LogP contribution < -0.4 is 11.1 Å². The molecule has 0 spiro atoms. The van der Waals surface area contributed by atoms with Crippen LogP contribution in [-0.2, 0) is 11.2 Å². The Morgan fingerprint density at radius 2 is 2.11 bits per heavy atom. The van der Waals surface area contributed by atoms with Gasteiger partial charge in [0.05, 0.1) is 0 Å². The molecular weight excluding hydrogens is 243 g/mol. The quantitative estimate of drug-likeness (QED) is 0.830. The van der Waals surface area contributed by atoms with Gasteiger partial charge in [0.15, 0.2) is 0 Å². The maximum atomic E-state index is 13.1. The molecule has 106 valence electrons. The second kappa shape index (κ2) is 6.66. The molecule has 0 fully saturated rings. The summed E-state index contributed by atoms with van der Waals surface area (Å²) in [5.41, 5.74) is 7.16. The molecule has 0 saturated heterocycles. The molecule has 1 rings (SSSR count). The van der Waals surface area contributed by atoms with Crippen LogP contribution in [0.4, 0.5) is 4.39 Å². The second-order valence-corrected chi connectivity index (χ2v) is 5.67. The summed E-state index contributed by atoms with van der Waals surface area (Å²) in [6, 6.07) is 5.02. The molecule has 1 amide bonds. The van der Waals surface area contributed by atoms with Crippen LogP contribution in [0.2, 0.25) is 0 Å². The van der Waals surface area contributed by atoms with Crippen molar-refractivity contribution >= 4 is 5.91 Å². The maximum absolute atomic E-state index is 13.1. The van der Waals surface area contributed by atoms with Crippen LogP contribution in [0, 0.1) is 12.7 Å². The normalized spacial score (nSPS) is 11.4. The first-order chi connectivity index (χ1) is 8.78. The van der Waals surface area contributed by atoms with Crippen molar-refractivity contribution in [3.63, 3.8) is 0 Å². The van der Waals surface area contributed by atoms with Crippen molar-refractivity contribution in [1.29, 1.82) is 0 Å². The van der Waals surface area contributed by atoms with E-state index in [0.29, 0.717) is 31.4 Å². The number of nitrogens with two attached hydrogens (primary N) is 1. The van der Waals surface area contributed by atoms with Gasteiger partial charge in [0.25, 0.3) is 0 Å². The standard InChI is InChI=1S/C15H23FN2O/c1-11-10-12(4-5-13(11)16)7-9-18-14(19)6-8-15(2,3)17/h4-5,10H,6-9,17H2,1-3H3,(H,18,19). The lowest BCUT2D eigenvalue weighted by atomic mass is 10.00. The molecule has 0 bridgehead atoms. The monoisotopic (exact) mass is 266 g/mol. The first-order valence-corrected chi connectivity index (χ1v) is 6.58. The van der Waals surface area contributed by atoms with Gasteiger partial charge in [-0.3, -0.25) is 4.79 Å². The SMILES string of the molecule is Cc1cc(CCNC(=O)CCC(C)(C)N)ccc1F. The minimum atomic E-state index is -0.314. The summed E-state index contributed by atoms with van der Waals surface area (Å²) in [7, 11) is 0. The number of carbonyl (C=O) groups excluding carboxylic acids is 1. The molecule has 0 saturated carbocycles. The number of carbonyl (C=O) groups is 1. The number of hydrogen-bond acceptors (Lipinski definition) is 2. The Morgan fingerprint density at radius 1 is 1.42 bits per heavy atom. The third-order valence-electron chi connectivity index (χ3n) is 2.95. The summed E-state index contributed by atoms with van der Waals surface area (Å²) in [5.74, 6) is -0.185. The van der Waals surface area contributed by atoms with Crippen molar-refractivity contribution in [3.8, 4) is 0 Å². The van der Waals surface area contributed by atoms with Gasteiger partial charge in [-0.25, -0.2) is 4.39 Å². The minimum Gasteiger partial charge on any atom is -0.356 e. The second-order valence-electron chi connectivity index (χ2n) is 5.67. The number of rotatable bonds is 6. The number of amides is 1. The van der Waals surface area contributed by atoms with Gasteiger partial charge in [-0.2, -0.15) is 0 Å². The molecule has 1 aromatic rings. The number of benzene rings is 1. The summed E-state index contributed by atoms with van der Waals surface area (Å²) < 4.78 is 13.1. The van der Waals surface area contributed by atoms with Crippen molar-refractivity contribution in [3.05, 3.63) is 35.1 Å². The van der Waals surface area contributed by atoms with E-state index in [1.54, 1.807) is 13.0 Å². The van der Waals surface area contributed by atoms with Crippen molar-refractivity contribution in [2.24, 2.45) is 5.73 Å². The van der Waals surface area contributed by atoms with Crippen LogP contribution in [0.1, 0.15) is 37.8 Å². The fourth-order valence-corrected chi connectivity index (χ4v) is 1.73. The zero-order valence-electron chi connectivity index (χ0n) is 11.9. The molecule has 0 unspecified atom stereocenters. The van der Waals surface area contributed by atoms with E-state index in [1.165, 1.54) is 6.07 Å². The smallest absolute Gasteiger partial charge is 0.220 e. The van der Waals surface area contributed by atoms with Gasteiger partial charge in [-0.05, 0) is 50.8 Å². The van der Waals surface area contributed by atoms with Gasteiger partial charge >= 0.3 is 0 Å². The molecule has 0 aliphatic carbocycles. The van der Waals surface area contributed by atoms with Crippen LogP contribution in [0.5, 0.6) is 0 Å². The summed E-state index contributed by atoms with van der Waals surface area (Å²) in [4.78, 5) is 11.6. The first kappa shape index (κ1) is 15.6. The molecule has 0 radical (unpaired) electrons. The van der Waals surface area contributed by atoms with Crippen LogP contribution in [-0.4, -0.2) is 18.0 Å². The highest BCUT2D eigenvalue weighted by molar-refractivity contribution is 5.75. The van der Waals surface area contributed by atoms with Gasteiger partial charge in [0.1, 0.15) is 5.82 Å². The highest BCUT2D eigenvalue weighted by Gasteiger charge is 2.12. The summed E-state index contributed by atoms with van der Waals surface area (Å²) in [6.07, 6.45) is 1.80. The summed E-state index contributed by atoms with van der Waals surface area (Å²) in [6.45, 7) is 6.11. The molecule has 0 aliphatic rings. The van der Waals surface area contributed by atoms with E-state index in [2.05, 4.69) is 5.32 Å². The molecule has 0 aromatic heterocycles. The van der Waals surface area contributed by atoms with E-state index < -0.39 is 0 Å². The Morgan fingerprint density at radius 3 is 2.68 bits per heavy atom. The van der Waals surface area contributed by atoms with Gasteiger partial charge in [0.2, 0.25) is 5.91 Å². The van der Waals surface area contributed by atoms with E-state index in [-0.39, 0.29) is 17.3 Å². The molecular formula is C15H23FN2O. The van der Waals surface area contributed by atoms with Gasteiger partial charge in [0, 0.05) is 18.5 Å². The zero-order chi connectivity index (χ0) is 14.5. The van der Waals surface area contributed by atoms with Crippen molar-refractivity contribution in [1.82, 2.24) is 5.32 Å². The lowest BCUT2D eigenvalue weighted by molar-refractivity contribution is -0.121. The maximum Gasteiger partial charge on any atom is 0.220 e. The summed E-state index contributed by atoms with van der Waals surface area (Å²) >= 11 is 0. The molecule has 0 heterocycles. The Balaban J connectivity index is 2.30. The highest BCUT2D eigenvalue weighted by Crippen LogP contribution is 2.09. The largest absolute Gasteiger partial charge is 0.356 e. The van der Waals surface area contributed by atoms with Gasteiger partial charge < -0.3 is 11.1 Å². The average Bonchev–Trinajstić information content (AvgIpc) is 2.30. The Bertz CT molecular complexity index is 438. The predicted octanol–water partition coefficient (Wildman–Crippen LogP) is 2.31. The molecule has 1 aromatic carbocycles. The van der Waals surface area contributed by atoms with Crippen molar-refractivity contribution in [2.45, 2.75) is 45.6 Å². The topological polar surface area (TPSA) is 55.1 Å². The number of nitrogens with one attached hydrogen (secondary N) is 1. The van der Waals surface area contributed by atoms with E-state index in [4.69, 9.17) is 5.73 Å². The van der Waals surface area contributed by atoms with E-state index in [9.17, 15) is 9.18 Å². The molecule has 0 atom stereocenters. The Labute approximate surface area is 114 Å². The number of halogens is 1. The first-order valence-electron chi connectivity index (χ1n) is 6.58. The minimum absolute atomic E-state index is 0.0114. The van der Waals surface area contributed by atoms with Crippen molar-refractivity contribution < 1.29 is 9.18 Å². The summed E-state index contributed by atoms with van der Waals surface area (Å²) in [5, 5.41) is 2.85. The number of hydrogen-bond donors (Lipinski definition) is 2. The van der Waals surface area contributed by atoms with Gasteiger partial charge in [-0.15, -0.1) is 0 Å². The van der Waals surface area contributed by atoms with Crippen molar-refractivity contribution in [2.75, 3.05) is 6.54 Å². The van der Waals surface area contributed by atoms with Crippen LogP contribution in [0.3, 0.4) is 0 Å². The lowest BCUT2D eigenvalue weighted by Crippen LogP contribution is -2.34. The third-order valence-corrected chi connectivity index (χ3v) is 2.95. The third kappa shape index (κ3) is 6.34. The molecule has 3 nitrogen and oxygen atoms in total. The predicted molar refractivity (Wildman–Crippen MR) is 75.4 cm³/mol. The van der Waals surface area contributed by atoms with E-state index >= 15 is 0 Å². The average molecular weight is 266 g/mol. The molecule has 19 heavy (non-hydrogen) atoms. The molecule has 3 N–H and O–H groups in total. The fraction of sp³-hybridized carbons (Fsp3) is 0.533. The van der Waals surface area contributed by atoms with Crippen LogP contribution in [0.25, 0.3) is 0 Å². The lowest BCUT2D eigenvalue weighted by Gasteiger charge is -2.17. The molecule has 4 heteroatoms. The fourth-order valence-electron chi connectivity index (χ4n) is 1.73.